The predicted octanol–water partition coefficient (Wildman–Crippen LogP) is 4.85. The standard InChI is InChI=1S/C36H45N3O6/c1-21(2)24-11-13-25(14-12-24)37-33(40)30-28-16-18-36(45-28)31(30)35(42)39(19-17-23-10-15-27(43-4)29(20-23)44-5)32(36)34(41)38-26-9-7-6-8-22(26)3/h10-16,18,20-22,26,28,30-32H,6-9,17,19H2,1-5H3,(H,37,40)(H,38,41)/t22-,26+,28+,30+,31+,32-,36-/m0/s1. The van der Waals surface area contributed by atoms with Crippen molar-refractivity contribution in [1.29, 1.82) is 0 Å². The molecule has 7 atom stereocenters. The highest BCUT2D eigenvalue weighted by Crippen LogP contribution is 2.55. The summed E-state index contributed by atoms with van der Waals surface area (Å²) in [5.41, 5.74) is 1.58. The van der Waals surface area contributed by atoms with Crippen molar-refractivity contribution in [3.05, 3.63) is 65.7 Å². The van der Waals surface area contributed by atoms with Gasteiger partial charge in [0.25, 0.3) is 0 Å². The van der Waals surface area contributed by atoms with Gasteiger partial charge in [0.1, 0.15) is 11.6 Å². The zero-order chi connectivity index (χ0) is 31.9. The van der Waals surface area contributed by atoms with Gasteiger partial charge >= 0.3 is 0 Å². The van der Waals surface area contributed by atoms with Crippen molar-refractivity contribution in [2.24, 2.45) is 17.8 Å². The maximum atomic E-state index is 14.4. The van der Waals surface area contributed by atoms with E-state index in [1.54, 1.807) is 19.1 Å². The van der Waals surface area contributed by atoms with Gasteiger partial charge in [-0.15, -0.1) is 0 Å². The molecule has 3 amide bonds. The fourth-order valence-electron chi connectivity index (χ4n) is 7.76. The number of benzene rings is 2. The van der Waals surface area contributed by atoms with E-state index in [-0.39, 0.29) is 30.3 Å². The highest BCUT2D eigenvalue weighted by molar-refractivity contribution is 6.02. The van der Waals surface area contributed by atoms with Crippen LogP contribution in [0.4, 0.5) is 5.69 Å². The first-order valence-electron chi connectivity index (χ1n) is 16.3. The molecule has 2 saturated heterocycles. The van der Waals surface area contributed by atoms with Gasteiger partial charge in [-0.25, -0.2) is 0 Å². The topological polar surface area (TPSA) is 106 Å². The largest absolute Gasteiger partial charge is 0.493 e. The Morgan fingerprint density at radius 1 is 1.02 bits per heavy atom. The molecule has 45 heavy (non-hydrogen) atoms. The van der Waals surface area contributed by atoms with Crippen molar-refractivity contribution < 1.29 is 28.6 Å². The van der Waals surface area contributed by atoms with Crippen molar-refractivity contribution in [2.45, 2.75) is 82.6 Å². The number of likely N-dealkylation sites (tertiary alicyclic amines) is 1. The molecule has 3 aliphatic heterocycles. The second kappa shape index (κ2) is 12.5. The van der Waals surface area contributed by atoms with Crippen molar-refractivity contribution in [2.75, 3.05) is 26.1 Å². The number of ether oxygens (including phenoxy) is 3. The molecule has 240 valence electrons. The van der Waals surface area contributed by atoms with E-state index >= 15 is 0 Å². The van der Waals surface area contributed by atoms with Crippen LogP contribution >= 0.6 is 0 Å². The lowest BCUT2D eigenvalue weighted by atomic mass is 9.74. The highest BCUT2D eigenvalue weighted by atomic mass is 16.5. The Morgan fingerprint density at radius 3 is 2.44 bits per heavy atom. The molecule has 3 fully saturated rings. The van der Waals surface area contributed by atoms with E-state index in [1.165, 1.54) is 5.56 Å². The van der Waals surface area contributed by atoms with Crippen LogP contribution < -0.4 is 20.1 Å². The molecule has 1 spiro atoms. The van der Waals surface area contributed by atoms with Gasteiger partial charge in [0, 0.05) is 18.3 Å². The minimum absolute atomic E-state index is 0.0417. The summed E-state index contributed by atoms with van der Waals surface area (Å²) >= 11 is 0. The lowest BCUT2D eigenvalue weighted by Crippen LogP contribution is -2.57. The number of nitrogens with zero attached hydrogens (tertiary/aromatic N) is 1. The molecular formula is C36H45N3O6. The van der Waals surface area contributed by atoms with E-state index in [0.717, 1.165) is 31.2 Å². The molecule has 0 unspecified atom stereocenters. The van der Waals surface area contributed by atoms with Gasteiger partial charge in [-0.05, 0) is 66.5 Å². The van der Waals surface area contributed by atoms with Crippen LogP contribution in [0.5, 0.6) is 11.5 Å². The summed E-state index contributed by atoms with van der Waals surface area (Å²) < 4.78 is 17.4. The van der Waals surface area contributed by atoms with Crippen LogP contribution in [0.15, 0.2) is 54.6 Å². The van der Waals surface area contributed by atoms with Crippen molar-refractivity contribution in [1.82, 2.24) is 10.2 Å². The third-order valence-corrected chi connectivity index (χ3v) is 10.3. The molecule has 1 aliphatic carbocycles. The minimum atomic E-state index is -1.20. The molecule has 1 saturated carbocycles. The Hall–Kier alpha value is -3.85. The molecule has 0 aromatic heterocycles. The Bertz CT molecular complexity index is 1470. The zero-order valence-electron chi connectivity index (χ0n) is 26.9. The van der Waals surface area contributed by atoms with E-state index in [0.29, 0.717) is 35.4 Å². The first-order chi connectivity index (χ1) is 21.7. The number of hydrogen-bond donors (Lipinski definition) is 2. The third-order valence-electron chi connectivity index (χ3n) is 10.3. The lowest BCUT2D eigenvalue weighted by Gasteiger charge is -2.36. The van der Waals surface area contributed by atoms with Crippen LogP contribution in [0, 0.1) is 17.8 Å². The molecule has 6 rings (SSSR count). The molecule has 2 aromatic carbocycles. The second-order valence-electron chi connectivity index (χ2n) is 13.3. The third kappa shape index (κ3) is 5.60. The molecule has 0 radical (unpaired) electrons. The number of fused-ring (bicyclic) bond motifs is 1. The molecule has 2 bridgehead atoms. The Kier molecular flexibility index (Phi) is 8.66. The van der Waals surface area contributed by atoms with Crippen LogP contribution in [0.25, 0.3) is 0 Å². The Labute approximate surface area is 265 Å². The molecule has 4 aliphatic rings. The predicted molar refractivity (Wildman–Crippen MR) is 171 cm³/mol. The fourth-order valence-corrected chi connectivity index (χ4v) is 7.76. The SMILES string of the molecule is COc1ccc(CCN2C(=O)[C@H]3[C@H](C(=O)Nc4ccc(C(C)C)cc4)[C@H]4C=C[C@@]3(O4)[C@@H]2C(=O)N[C@@H]2CCCC[C@@H]2C)cc1OC. The minimum Gasteiger partial charge on any atom is -0.493 e. The Morgan fingerprint density at radius 2 is 1.76 bits per heavy atom. The molecule has 2 aromatic rings. The van der Waals surface area contributed by atoms with Crippen LogP contribution in [0.3, 0.4) is 0 Å². The number of amides is 3. The van der Waals surface area contributed by atoms with E-state index in [9.17, 15) is 14.4 Å². The summed E-state index contributed by atoms with van der Waals surface area (Å²) in [5.74, 6) is -0.319. The quantitative estimate of drug-likeness (QED) is 0.370. The monoisotopic (exact) mass is 615 g/mol. The van der Waals surface area contributed by atoms with Crippen molar-refractivity contribution in [3.8, 4) is 11.5 Å². The first kappa shape index (κ1) is 31.1. The summed E-state index contributed by atoms with van der Waals surface area (Å²) in [6.45, 7) is 6.70. The molecule has 9 nitrogen and oxygen atoms in total. The number of anilines is 1. The molecule has 3 heterocycles. The number of rotatable bonds is 10. The summed E-state index contributed by atoms with van der Waals surface area (Å²) in [6, 6.07) is 12.6. The fraction of sp³-hybridized carbons (Fsp3) is 0.528. The number of nitrogens with one attached hydrogen (secondary N) is 2. The van der Waals surface area contributed by atoms with Crippen LogP contribution in [0.2, 0.25) is 0 Å². The smallest absolute Gasteiger partial charge is 0.246 e. The summed E-state index contributed by atoms with van der Waals surface area (Å²) in [4.78, 5) is 44.1. The lowest BCUT2D eigenvalue weighted by molar-refractivity contribution is -0.141. The second-order valence-corrected chi connectivity index (χ2v) is 13.3. The van der Waals surface area contributed by atoms with Gasteiger partial charge in [0.15, 0.2) is 11.5 Å². The Balaban J connectivity index is 1.28. The maximum absolute atomic E-state index is 14.4. The molecular weight excluding hydrogens is 570 g/mol. The molecule has 9 heteroatoms. The van der Waals surface area contributed by atoms with Crippen LogP contribution in [-0.2, 0) is 25.5 Å². The summed E-state index contributed by atoms with van der Waals surface area (Å²) in [5, 5.41) is 6.32. The average molecular weight is 616 g/mol. The highest BCUT2D eigenvalue weighted by Gasteiger charge is 2.72. The average Bonchev–Trinajstić information content (AvgIpc) is 3.68. The van der Waals surface area contributed by atoms with Gasteiger partial charge in [0.05, 0.1) is 32.2 Å². The maximum Gasteiger partial charge on any atom is 0.246 e. The van der Waals surface area contributed by atoms with E-state index in [1.807, 2.05) is 54.6 Å². The summed E-state index contributed by atoms with van der Waals surface area (Å²) in [6.07, 6.45) is 7.83. The van der Waals surface area contributed by atoms with Gasteiger partial charge in [0.2, 0.25) is 17.7 Å². The van der Waals surface area contributed by atoms with E-state index in [4.69, 9.17) is 14.2 Å². The van der Waals surface area contributed by atoms with Gasteiger partial charge in [-0.3, -0.25) is 14.4 Å². The van der Waals surface area contributed by atoms with Gasteiger partial charge in [-0.1, -0.05) is 64.0 Å². The van der Waals surface area contributed by atoms with Crippen LogP contribution in [0.1, 0.15) is 63.5 Å². The summed E-state index contributed by atoms with van der Waals surface area (Å²) in [7, 11) is 3.17. The molecule has 2 N–H and O–H groups in total. The van der Waals surface area contributed by atoms with E-state index in [2.05, 4.69) is 31.4 Å². The number of carbonyl (C=O) groups excluding carboxylic acids is 3. The first-order valence-corrected chi connectivity index (χ1v) is 16.3. The number of methoxy groups -OCH3 is 2. The number of carbonyl (C=O) groups is 3. The number of hydrogen-bond acceptors (Lipinski definition) is 6. The van der Waals surface area contributed by atoms with E-state index < -0.39 is 29.6 Å². The van der Waals surface area contributed by atoms with Crippen molar-refractivity contribution in [3.63, 3.8) is 0 Å². The van der Waals surface area contributed by atoms with Gasteiger partial charge < -0.3 is 29.7 Å². The van der Waals surface area contributed by atoms with Gasteiger partial charge in [-0.2, -0.15) is 0 Å². The van der Waals surface area contributed by atoms with Crippen LogP contribution in [-0.4, -0.2) is 67.2 Å². The normalized spacial score (nSPS) is 30.0. The zero-order valence-corrected chi connectivity index (χ0v) is 26.9. The van der Waals surface area contributed by atoms with Crippen molar-refractivity contribution >= 4 is 23.4 Å².